The molecule has 0 heterocycles. The minimum atomic E-state index is -3.44. The highest BCUT2D eigenvalue weighted by atomic mass is 32.4. The van der Waals surface area contributed by atoms with Crippen molar-refractivity contribution >= 4 is 140 Å². The van der Waals surface area contributed by atoms with Gasteiger partial charge in [0.25, 0.3) is 11.8 Å². The van der Waals surface area contributed by atoms with Gasteiger partial charge in [0, 0.05) is 43.2 Å². The number of imide groups is 2. The molecule has 656 valence electrons. The fraction of sp³-hybridized carbons (Fsp3) is 0.333. The molecule has 0 radical (unpaired) electrons. The van der Waals surface area contributed by atoms with Gasteiger partial charge in [-0.05, 0) is 141 Å². The lowest BCUT2D eigenvalue weighted by Gasteiger charge is -2.37. The molecule has 0 spiro atoms. The number of benzene rings is 8. The topological polar surface area (TPSA) is 398 Å². The van der Waals surface area contributed by atoms with Gasteiger partial charge in [0.1, 0.15) is 78.7 Å². The van der Waals surface area contributed by atoms with Crippen molar-refractivity contribution in [3.8, 4) is 22.3 Å². The maximum absolute atomic E-state index is 16.4. The summed E-state index contributed by atoms with van der Waals surface area (Å²) in [6.07, 6.45) is -3.68. The molecule has 14 amide bonds. The second-order valence-electron chi connectivity index (χ2n) is 32.6. The van der Waals surface area contributed by atoms with Crippen molar-refractivity contribution in [1.29, 1.82) is 0 Å². The zero-order valence-corrected chi connectivity index (χ0v) is 75.2. The van der Waals surface area contributed by atoms with E-state index < -0.39 is 197 Å². The second kappa shape index (κ2) is 41.0. The molecule has 10 rings (SSSR count). The Bertz CT molecular complexity index is 5340. The predicted octanol–water partition coefficient (Wildman–Crippen LogP) is 7.00. The monoisotopic (exact) mass is 1770 g/mol. The highest BCUT2D eigenvalue weighted by molar-refractivity contribution is 8.22. The second-order valence-corrected chi connectivity index (χ2v) is 42.1. The van der Waals surface area contributed by atoms with Crippen LogP contribution in [0.3, 0.4) is 0 Å². The zero-order chi connectivity index (χ0) is 91.2. The molecule has 8 aromatic rings. The Kier molecular flexibility index (Phi) is 31.1. The standard InChI is InChI=1S/C93H106N12O16P2S2/c1-54(2)78(87(115)105(91(119)121-51-75-72-48-32-28-44-68(72)69-45-29-33-49-73(69)75)77(53-123(125,64-38-22-16-23-39-64)65-40-24-17-25-41-65)85(113)98-59(7)83(111)103-92(10,11)88(116)99-55(3)79(94)107)101-81(109)57(5)96-80(108)56(4)97-84(112)76(52-122(124,62-34-18-14-19-35-62)63-36-20-15-21-37-63)104(86(114)60(8)100-89(117)93(12,13)102-82(110)58(6)95-61(9)106)90(118)120-50-74-70-46-30-26-42-66(70)67-43-27-31-47-71(67)74/h14-49,54-60,74-78H,50-53H2,1-13H3,(H2,94,107)(H,95,106)(H,96,108)(H,97,112)(H,98,113)(H,99,116)(H,100,117)(H,101,109)(H,102,110)(H,103,111)/t55-,56-,57-,58-,59-,60-,76-,77-,78-/m0/s1. The number of carbonyl (C=O) groups is 14. The van der Waals surface area contributed by atoms with Crippen LogP contribution < -0.4 is 74.8 Å². The molecular formula is C93H106N12O16P2S2. The van der Waals surface area contributed by atoms with Gasteiger partial charge in [0.15, 0.2) is 0 Å². The number of ether oxygens (including phenoxy) is 2. The van der Waals surface area contributed by atoms with Crippen LogP contribution in [0.1, 0.15) is 124 Å². The summed E-state index contributed by atoms with van der Waals surface area (Å²) in [5, 5.41) is 25.6. The summed E-state index contributed by atoms with van der Waals surface area (Å²) in [5.74, 6) is -13.6. The number of nitrogens with one attached hydrogen (secondary N) is 9. The van der Waals surface area contributed by atoms with E-state index in [0.29, 0.717) is 31.0 Å². The Morgan fingerprint density at radius 2 is 0.640 bits per heavy atom. The van der Waals surface area contributed by atoms with Crippen LogP contribution >= 0.6 is 12.1 Å². The van der Waals surface area contributed by atoms with Gasteiger partial charge in [-0.1, -0.05) is 256 Å². The molecule has 2 aliphatic carbocycles. The van der Waals surface area contributed by atoms with E-state index >= 15 is 38.4 Å². The van der Waals surface area contributed by atoms with Crippen LogP contribution in [0.25, 0.3) is 22.3 Å². The molecule has 0 fully saturated rings. The first-order chi connectivity index (χ1) is 59.2. The number of hydrogen-bond acceptors (Lipinski definition) is 18. The Labute approximate surface area is 737 Å². The molecule has 0 bridgehead atoms. The van der Waals surface area contributed by atoms with Gasteiger partial charge in [-0.15, -0.1) is 0 Å². The Morgan fingerprint density at radius 3 is 0.960 bits per heavy atom. The molecule has 28 nitrogen and oxygen atoms in total. The van der Waals surface area contributed by atoms with Crippen LogP contribution in [0, 0.1) is 5.92 Å². The summed E-state index contributed by atoms with van der Waals surface area (Å²) in [5.41, 5.74) is 8.59. The van der Waals surface area contributed by atoms with Gasteiger partial charge in [-0.3, -0.25) is 57.5 Å². The summed E-state index contributed by atoms with van der Waals surface area (Å²) in [7, 11) is 0. The Balaban J connectivity index is 0.994. The highest BCUT2D eigenvalue weighted by Crippen LogP contribution is 2.49. The van der Waals surface area contributed by atoms with E-state index in [0.717, 1.165) is 44.5 Å². The van der Waals surface area contributed by atoms with Crippen molar-refractivity contribution in [1.82, 2.24) is 57.7 Å². The van der Waals surface area contributed by atoms with Crippen LogP contribution in [0.2, 0.25) is 0 Å². The van der Waals surface area contributed by atoms with E-state index in [1.54, 1.807) is 135 Å². The Morgan fingerprint density at radius 1 is 0.360 bits per heavy atom. The largest absolute Gasteiger partial charge is 0.448 e. The van der Waals surface area contributed by atoms with E-state index in [2.05, 4.69) is 47.9 Å². The average Bonchev–Trinajstić information content (AvgIpc) is 1.74. The van der Waals surface area contributed by atoms with E-state index in [4.69, 9.17) is 38.8 Å². The summed E-state index contributed by atoms with van der Waals surface area (Å²) >= 11 is 13.6. The minimum Gasteiger partial charge on any atom is -0.448 e. The van der Waals surface area contributed by atoms with Crippen molar-refractivity contribution in [2.75, 3.05) is 25.5 Å². The number of nitrogens with two attached hydrogens (primary N) is 1. The molecule has 11 N–H and O–H groups in total. The van der Waals surface area contributed by atoms with Crippen LogP contribution in [0.5, 0.6) is 0 Å². The number of amides is 14. The first kappa shape index (κ1) is 94.9. The molecule has 0 saturated carbocycles. The summed E-state index contributed by atoms with van der Waals surface area (Å²) in [4.78, 5) is 207. The van der Waals surface area contributed by atoms with Gasteiger partial charge in [-0.2, -0.15) is 0 Å². The first-order valence-corrected chi connectivity index (χ1v) is 47.0. The Hall–Kier alpha value is -12.4. The maximum atomic E-state index is 16.4. The normalized spacial score (nSPS) is 14.5. The average molecular weight is 1770 g/mol. The molecule has 8 aromatic carbocycles. The number of carbonyl (C=O) groups excluding carboxylic acids is 14. The van der Waals surface area contributed by atoms with Crippen molar-refractivity contribution < 1.29 is 76.6 Å². The van der Waals surface area contributed by atoms with Crippen molar-refractivity contribution in [2.45, 2.75) is 167 Å². The maximum Gasteiger partial charge on any atom is 0.417 e. The van der Waals surface area contributed by atoms with E-state index in [1.165, 1.54) is 76.2 Å². The summed E-state index contributed by atoms with van der Waals surface area (Å²) < 4.78 is 12.6. The molecule has 0 unspecified atom stereocenters. The lowest BCUT2D eigenvalue weighted by Crippen LogP contribution is -2.64. The molecule has 125 heavy (non-hydrogen) atoms. The third kappa shape index (κ3) is 22.2. The quantitative estimate of drug-likeness (QED) is 0.0179. The smallest absolute Gasteiger partial charge is 0.417 e. The molecule has 32 heteroatoms. The van der Waals surface area contributed by atoms with Gasteiger partial charge in [0.05, 0.1) is 0 Å². The van der Waals surface area contributed by atoms with E-state index in [1.807, 2.05) is 97.1 Å². The van der Waals surface area contributed by atoms with Crippen molar-refractivity contribution in [2.24, 2.45) is 11.7 Å². The summed E-state index contributed by atoms with van der Waals surface area (Å²) in [6, 6.07) is 43.7. The van der Waals surface area contributed by atoms with Crippen LogP contribution in [0.15, 0.2) is 218 Å². The molecule has 0 saturated heterocycles. The number of fused-ring (bicyclic) bond motifs is 6. The number of primary amides is 1. The van der Waals surface area contributed by atoms with Gasteiger partial charge >= 0.3 is 12.2 Å². The first-order valence-electron chi connectivity index (χ1n) is 41.0. The summed E-state index contributed by atoms with van der Waals surface area (Å²) in [6.45, 7) is 16.8. The highest BCUT2D eigenvalue weighted by Gasteiger charge is 2.49. The number of rotatable bonds is 35. The number of hydrogen-bond donors (Lipinski definition) is 10. The third-order valence-corrected chi connectivity index (χ3v) is 31.8. The molecule has 2 aliphatic rings. The zero-order valence-electron chi connectivity index (χ0n) is 71.8. The SMILES string of the molecule is CC(=O)N[C@@H](C)C(=O)NC(C)(C)C(=O)N[C@@H](C)C(=O)N(C(=O)OCC1c2ccccc2-c2ccccc21)[C@@H](CP(=S)(c1ccccc1)c1ccccc1)C(=O)N[C@@H](C)C(=O)N[C@@H](C)C(=O)N[C@H](C(=O)N(C(=O)OCC1c2ccccc2-c2ccccc21)[C@@H](CP(=S)(c1ccccc1)c1ccccc1)C(=O)N[C@@H](C)C(=O)NC(C)(C)C(=O)N[C@@H](C)C(N)=O)C(C)C. The molecule has 0 aromatic heterocycles. The number of nitrogens with zero attached hydrogens (tertiary/aromatic N) is 2. The van der Waals surface area contributed by atoms with E-state index in [9.17, 15) is 28.8 Å². The van der Waals surface area contributed by atoms with Crippen LogP contribution in [-0.2, 0) is 90.6 Å². The third-order valence-electron chi connectivity index (χ3n) is 22.1. The van der Waals surface area contributed by atoms with Gasteiger partial charge in [-0.25, -0.2) is 19.4 Å². The molecule has 9 atom stereocenters. The predicted molar refractivity (Wildman–Crippen MR) is 486 cm³/mol. The molecule has 0 aliphatic heterocycles. The molecular weight excluding hydrogens is 1670 g/mol. The lowest BCUT2D eigenvalue weighted by atomic mass is 9.98. The fourth-order valence-electron chi connectivity index (χ4n) is 15.0. The van der Waals surface area contributed by atoms with Crippen LogP contribution in [0.4, 0.5) is 9.59 Å². The van der Waals surface area contributed by atoms with Crippen molar-refractivity contribution in [3.63, 3.8) is 0 Å². The lowest BCUT2D eigenvalue weighted by molar-refractivity contribution is -0.143. The minimum absolute atomic E-state index is 0.377. The van der Waals surface area contributed by atoms with Gasteiger partial charge in [0.2, 0.25) is 59.1 Å². The fourth-order valence-corrected chi connectivity index (χ4v) is 23.0. The van der Waals surface area contributed by atoms with Crippen LogP contribution in [-0.4, -0.2) is 184 Å². The van der Waals surface area contributed by atoms with E-state index in [-0.39, 0.29) is 6.61 Å². The van der Waals surface area contributed by atoms with Crippen molar-refractivity contribution in [3.05, 3.63) is 241 Å². The van der Waals surface area contributed by atoms with Gasteiger partial charge < -0.3 is 63.1 Å².